The number of hydrogen-bond donors (Lipinski definition) is 1. The Morgan fingerprint density at radius 2 is 1.93 bits per heavy atom. The van der Waals surface area contributed by atoms with Crippen LogP contribution in [-0.2, 0) is 0 Å². The average Bonchev–Trinajstić information content (AvgIpc) is 2.17. The molecular formula is C13H22NP. The van der Waals surface area contributed by atoms with Crippen molar-refractivity contribution in [2.75, 3.05) is 0 Å². The largest absolute Gasteiger partial charge is 0.323 e. The van der Waals surface area contributed by atoms with E-state index in [2.05, 4.69) is 48.2 Å². The zero-order valence-electron chi connectivity index (χ0n) is 9.96. The third-order valence-corrected chi connectivity index (χ3v) is 3.59. The van der Waals surface area contributed by atoms with Gasteiger partial charge in [-0.25, -0.2) is 0 Å². The number of rotatable bonds is 4. The summed E-state index contributed by atoms with van der Waals surface area (Å²) in [6, 6.07) is 8.45. The van der Waals surface area contributed by atoms with Gasteiger partial charge in [-0.05, 0) is 22.7 Å². The lowest BCUT2D eigenvalue weighted by Gasteiger charge is -2.32. The van der Waals surface area contributed by atoms with E-state index < -0.39 is 0 Å². The summed E-state index contributed by atoms with van der Waals surface area (Å²) in [6.07, 6.45) is 2.34. The second-order valence-corrected chi connectivity index (χ2v) is 5.47. The summed E-state index contributed by atoms with van der Waals surface area (Å²) < 4.78 is 0. The molecule has 0 bridgehead atoms. The highest BCUT2D eigenvalue weighted by atomic mass is 31.0. The molecule has 1 aromatic rings. The smallest absolute Gasteiger partial charge is 0.0352 e. The van der Waals surface area contributed by atoms with E-state index >= 15 is 0 Å². The molecule has 2 unspecified atom stereocenters. The minimum atomic E-state index is 0.117. The second kappa shape index (κ2) is 5.09. The van der Waals surface area contributed by atoms with E-state index in [9.17, 15) is 0 Å². The molecule has 2 atom stereocenters. The van der Waals surface area contributed by atoms with Gasteiger partial charge >= 0.3 is 0 Å². The predicted molar refractivity (Wildman–Crippen MR) is 71.4 cm³/mol. The maximum absolute atomic E-state index is 6.35. The van der Waals surface area contributed by atoms with Crippen LogP contribution in [0.2, 0.25) is 0 Å². The maximum Gasteiger partial charge on any atom is 0.0352 e. The Labute approximate surface area is 95.7 Å². The van der Waals surface area contributed by atoms with Crippen LogP contribution in [0.4, 0.5) is 0 Å². The van der Waals surface area contributed by atoms with Crippen molar-refractivity contribution in [3.05, 3.63) is 29.8 Å². The lowest BCUT2D eigenvalue weighted by atomic mass is 9.77. The lowest BCUT2D eigenvalue weighted by molar-refractivity contribution is 0.264. The molecule has 1 rings (SSSR count). The van der Waals surface area contributed by atoms with Gasteiger partial charge < -0.3 is 5.73 Å². The molecule has 0 aliphatic rings. The fraction of sp³-hybridized carbons (Fsp3) is 0.538. The van der Waals surface area contributed by atoms with Crippen molar-refractivity contribution >= 4 is 14.5 Å². The van der Waals surface area contributed by atoms with Gasteiger partial charge in [-0.1, -0.05) is 51.5 Å². The Kier molecular flexibility index (Phi) is 4.31. The quantitative estimate of drug-likeness (QED) is 0.780. The van der Waals surface area contributed by atoms with Crippen molar-refractivity contribution < 1.29 is 0 Å². The van der Waals surface area contributed by atoms with E-state index in [1.165, 1.54) is 17.3 Å². The summed E-state index contributed by atoms with van der Waals surface area (Å²) in [6.45, 7) is 6.71. The van der Waals surface area contributed by atoms with Gasteiger partial charge in [0.2, 0.25) is 0 Å². The topological polar surface area (TPSA) is 26.0 Å². The fourth-order valence-corrected chi connectivity index (χ4v) is 2.40. The lowest BCUT2D eigenvalue weighted by Crippen LogP contribution is -2.31. The monoisotopic (exact) mass is 223 g/mol. The van der Waals surface area contributed by atoms with E-state index in [0.29, 0.717) is 0 Å². The van der Waals surface area contributed by atoms with E-state index in [1.807, 2.05) is 6.07 Å². The normalized spacial score (nSPS) is 13.9. The van der Waals surface area contributed by atoms with Gasteiger partial charge in [0.25, 0.3) is 0 Å². The summed E-state index contributed by atoms with van der Waals surface area (Å²) in [4.78, 5) is 0. The van der Waals surface area contributed by atoms with Crippen molar-refractivity contribution in [1.29, 1.82) is 0 Å². The molecule has 2 heteroatoms. The summed E-state index contributed by atoms with van der Waals surface area (Å²) in [5.74, 6) is 0. The van der Waals surface area contributed by atoms with Gasteiger partial charge in [-0.15, -0.1) is 9.24 Å². The molecule has 0 spiro atoms. The van der Waals surface area contributed by atoms with Crippen molar-refractivity contribution in [3.63, 3.8) is 0 Å². The van der Waals surface area contributed by atoms with E-state index in [-0.39, 0.29) is 11.5 Å². The Morgan fingerprint density at radius 3 is 2.47 bits per heavy atom. The van der Waals surface area contributed by atoms with Crippen LogP contribution in [0.25, 0.3) is 0 Å². The molecule has 84 valence electrons. The minimum absolute atomic E-state index is 0.117. The number of benzene rings is 1. The molecule has 2 N–H and O–H groups in total. The Balaban J connectivity index is 2.93. The zero-order valence-corrected chi connectivity index (χ0v) is 11.1. The summed E-state index contributed by atoms with van der Waals surface area (Å²) in [5.41, 5.74) is 7.77. The number of hydrogen-bond acceptors (Lipinski definition) is 1. The molecule has 0 fully saturated rings. The van der Waals surface area contributed by atoms with Crippen LogP contribution in [0.3, 0.4) is 0 Å². The minimum Gasteiger partial charge on any atom is -0.323 e. The van der Waals surface area contributed by atoms with Crippen LogP contribution >= 0.6 is 9.24 Å². The van der Waals surface area contributed by atoms with Crippen LogP contribution in [0.5, 0.6) is 0 Å². The van der Waals surface area contributed by atoms with Crippen LogP contribution in [-0.4, -0.2) is 0 Å². The standard InChI is InChI=1S/C13H22NP/c1-4-9-13(2,3)12(14)10-7-5-6-8-11(10)15/h5-8,12H,4,9,14-15H2,1-3H3. The predicted octanol–water partition coefficient (Wildman–Crippen LogP) is 3.01. The molecule has 0 heterocycles. The fourth-order valence-electron chi connectivity index (χ4n) is 2.01. The van der Waals surface area contributed by atoms with Gasteiger partial charge in [-0.3, -0.25) is 0 Å². The Morgan fingerprint density at radius 1 is 1.33 bits per heavy atom. The van der Waals surface area contributed by atoms with Gasteiger partial charge in [0.15, 0.2) is 0 Å². The highest BCUT2D eigenvalue weighted by molar-refractivity contribution is 7.27. The Bertz CT molecular complexity index is 320. The molecule has 1 aromatic carbocycles. The third-order valence-electron chi connectivity index (χ3n) is 3.07. The zero-order chi connectivity index (χ0) is 11.5. The highest BCUT2D eigenvalue weighted by Gasteiger charge is 2.27. The molecule has 0 amide bonds. The van der Waals surface area contributed by atoms with E-state index in [1.54, 1.807) is 0 Å². The molecule has 1 nitrogen and oxygen atoms in total. The van der Waals surface area contributed by atoms with Crippen molar-refractivity contribution in [3.8, 4) is 0 Å². The van der Waals surface area contributed by atoms with Crippen LogP contribution in [0.1, 0.15) is 45.2 Å². The van der Waals surface area contributed by atoms with Gasteiger partial charge in [-0.2, -0.15) is 0 Å². The van der Waals surface area contributed by atoms with Crippen LogP contribution in [0.15, 0.2) is 24.3 Å². The molecule has 0 saturated heterocycles. The van der Waals surface area contributed by atoms with Gasteiger partial charge in [0.05, 0.1) is 0 Å². The van der Waals surface area contributed by atoms with E-state index in [4.69, 9.17) is 5.73 Å². The first-order chi connectivity index (χ1) is 6.99. The molecule has 0 aromatic heterocycles. The maximum atomic E-state index is 6.35. The van der Waals surface area contributed by atoms with E-state index in [0.717, 1.165) is 6.42 Å². The Hall–Kier alpha value is -0.390. The molecule has 0 radical (unpaired) electrons. The molecule has 0 aliphatic carbocycles. The second-order valence-electron chi connectivity index (χ2n) is 4.85. The molecule has 0 saturated carbocycles. The molecule has 0 aliphatic heterocycles. The first kappa shape index (κ1) is 12.7. The summed E-state index contributed by atoms with van der Waals surface area (Å²) in [5, 5.41) is 1.22. The van der Waals surface area contributed by atoms with Crippen molar-refractivity contribution in [2.24, 2.45) is 11.1 Å². The molecular weight excluding hydrogens is 201 g/mol. The van der Waals surface area contributed by atoms with Gasteiger partial charge in [0, 0.05) is 6.04 Å². The summed E-state index contributed by atoms with van der Waals surface area (Å²) >= 11 is 0. The average molecular weight is 223 g/mol. The van der Waals surface area contributed by atoms with Crippen molar-refractivity contribution in [2.45, 2.75) is 39.7 Å². The first-order valence-electron chi connectivity index (χ1n) is 5.59. The highest BCUT2D eigenvalue weighted by Crippen LogP contribution is 2.35. The number of nitrogens with two attached hydrogens (primary N) is 1. The van der Waals surface area contributed by atoms with Crippen molar-refractivity contribution in [1.82, 2.24) is 0 Å². The van der Waals surface area contributed by atoms with Crippen LogP contribution in [0, 0.1) is 5.41 Å². The third kappa shape index (κ3) is 3.03. The van der Waals surface area contributed by atoms with Crippen LogP contribution < -0.4 is 11.0 Å². The SMILES string of the molecule is CCCC(C)(C)C(N)c1ccccc1P. The first-order valence-corrected chi connectivity index (χ1v) is 6.16. The van der Waals surface area contributed by atoms with Gasteiger partial charge in [0.1, 0.15) is 0 Å². The molecule has 15 heavy (non-hydrogen) atoms. The summed E-state index contributed by atoms with van der Waals surface area (Å²) in [7, 11) is 2.77.